The molecular formula is C15H12O5S. The Bertz CT molecular complexity index is 679. The summed E-state index contributed by atoms with van der Waals surface area (Å²) in [5.41, 5.74) is 0.463. The lowest BCUT2D eigenvalue weighted by Crippen LogP contribution is -2.00. The van der Waals surface area contributed by atoms with Crippen molar-refractivity contribution >= 4 is 23.7 Å². The molecule has 0 saturated heterocycles. The van der Waals surface area contributed by atoms with Crippen LogP contribution in [0.4, 0.5) is 0 Å². The minimum Gasteiger partial charge on any atom is -0.507 e. The molecule has 0 atom stereocenters. The van der Waals surface area contributed by atoms with Crippen molar-refractivity contribution in [3.05, 3.63) is 53.6 Å². The summed E-state index contributed by atoms with van der Waals surface area (Å²) in [6, 6.07) is 10.9. The first-order valence-corrected chi connectivity index (χ1v) is 6.75. The number of esters is 1. The quantitative estimate of drug-likeness (QED) is 0.845. The fourth-order valence-electron chi connectivity index (χ4n) is 1.64. The van der Waals surface area contributed by atoms with Crippen LogP contribution in [0.25, 0.3) is 0 Å². The van der Waals surface area contributed by atoms with Crippen LogP contribution in [0.15, 0.2) is 52.3 Å². The molecule has 0 amide bonds. The number of ether oxygens (including phenoxy) is 1. The predicted octanol–water partition coefficient (Wildman–Crippen LogP) is 3.03. The Kier molecular flexibility index (Phi) is 4.49. The monoisotopic (exact) mass is 304 g/mol. The van der Waals surface area contributed by atoms with Crippen molar-refractivity contribution in [3.8, 4) is 5.75 Å². The topological polar surface area (TPSA) is 83.8 Å². The second-order valence-corrected chi connectivity index (χ2v) is 5.22. The number of rotatable bonds is 4. The van der Waals surface area contributed by atoms with E-state index >= 15 is 0 Å². The summed E-state index contributed by atoms with van der Waals surface area (Å²) in [5.74, 6) is -1.61. The third kappa shape index (κ3) is 3.55. The number of aromatic carboxylic acids is 1. The zero-order valence-electron chi connectivity index (χ0n) is 11.1. The van der Waals surface area contributed by atoms with Crippen LogP contribution < -0.4 is 0 Å². The average molecular weight is 304 g/mol. The number of methoxy groups -OCH3 is 1. The molecule has 0 aliphatic heterocycles. The molecule has 0 spiro atoms. The zero-order valence-corrected chi connectivity index (χ0v) is 11.9. The molecule has 0 heterocycles. The molecule has 0 aliphatic carbocycles. The summed E-state index contributed by atoms with van der Waals surface area (Å²) in [5, 5.41) is 18.7. The largest absolute Gasteiger partial charge is 0.507 e. The minimum absolute atomic E-state index is 0.0258. The van der Waals surface area contributed by atoms with Crippen molar-refractivity contribution < 1.29 is 24.5 Å². The van der Waals surface area contributed by atoms with Crippen molar-refractivity contribution in [1.29, 1.82) is 0 Å². The Hall–Kier alpha value is -2.47. The molecule has 0 aromatic heterocycles. The smallest absolute Gasteiger partial charge is 0.337 e. The number of carbonyl (C=O) groups excluding carboxylic acids is 1. The number of phenolic OH excluding ortho intramolecular Hbond substituents is 1. The Morgan fingerprint density at radius 2 is 1.67 bits per heavy atom. The normalized spacial score (nSPS) is 10.1. The van der Waals surface area contributed by atoms with E-state index in [0.717, 1.165) is 4.90 Å². The molecule has 0 fully saturated rings. The lowest BCUT2D eigenvalue weighted by atomic mass is 10.2. The van der Waals surface area contributed by atoms with Gasteiger partial charge in [-0.3, -0.25) is 0 Å². The Morgan fingerprint density at radius 1 is 1.05 bits per heavy atom. The van der Waals surface area contributed by atoms with Gasteiger partial charge in [-0.25, -0.2) is 9.59 Å². The summed E-state index contributed by atoms with van der Waals surface area (Å²) in [6.45, 7) is 0. The van der Waals surface area contributed by atoms with Crippen molar-refractivity contribution in [2.45, 2.75) is 9.79 Å². The van der Waals surface area contributed by atoms with Crippen LogP contribution in [-0.4, -0.2) is 29.3 Å². The van der Waals surface area contributed by atoms with Crippen LogP contribution in [0.3, 0.4) is 0 Å². The molecule has 21 heavy (non-hydrogen) atoms. The van der Waals surface area contributed by atoms with Crippen molar-refractivity contribution in [1.82, 2.24) is 0 Å². The highest BCUT2D eigenvalue weighted by Crippen LogP contribution is 2.34. The van der Waals surface area contributed by atoms with E-state index < -0.39 is 11.9 Å². The van der Waals surface area contributed by atoms with Gasteiger partial charge in [-0.05, 0) is 42.5 Å². The van der Waals surface area contributed by atoms with Gasteiger partial charge in [-0.1, -0.05) is 11.8 Å². The van der Waals surface area contributed by atoms with Gasteiger partial charge in [-0.2, -0.15) is 0 Å². The third-order valence-corrected chi connectivity index (χ3v) is 3.78. The van der Waals surface area contributed by atoms with Crippen LogP contribution in [-0.2, 0) is 4.74 Å². The van der Waals surface area contributed by atoms with Gasteiger partial charge in [0.25, 0.3) is 0 Å². The Labute approximate surface area is 125 Å². The van der Waals surface area contributed by atoms with Gasteiger partial charge in [0.1, 0.15) is 5.75 Å². The third-order valence-electron chi connectivity index (χ3n) is 2.71. The highest BCUT2D eigenvalue weighted by Gasteiger charge is 2.10. The molecule has 2 N–H and O–H groups in total. The summed E-state index contributed by atoms with van der Waals surface area (Å²) in [6.07, 6.45) is 0. The van der Waals surface area contributed by atoms with Crippen molar-refractivity contribution in [2.24, 2.45) is 0 Å². The molecular weight excluding hydrogens is 292 g/mol. The fourth-order valence-corrected chi connectivity index (χ4v) is 2.47. The molecule has 108 valence electrons. The molecule has 0 saturated carbocycles. The molecule has 5 nitrogen and oxygen atoms in total. The average Bonchev–Trinajstić information content (AvgIpc) is 2.49. The number of benzene rings is 2. The number of carboxylic acids is 1. The first kappa shape index (κ1) is 14.9. The van der Waals surface area contributed by atoms with Crippen molar-refractivity contribution in [3.63, 3.8) is 0 Å². The summed E-state index contributed by atoms with van der Waals surface area (Å²) in [4.78, 5) is 23.4. The number of hydrogen-bond donors (Lipinski definition) is 2. The van der Waals surface area contributed by atoms with Crippen LogP contribution in [0.2, 0.25) is 0 Å². The lowest BCUT2D eigenvalue weighted by Gasteiger charge is -2.06. The van der Waals surface area contributed by atoms with E-state index in [1.807, 2.05) is 0 Å². The molecule has 0 unspecified atom stereocenters. The highest BCUT2D eigenvalue weighted by atomic mass is 32.2. The molecule has 0 aliphatic rings. The van der Waals surface area contributed by atoms with E-state index in [9.17, 15) is 14.7 Å². The first-order chi connectivity index (χ1) is 10.0. The van der Waals surface area contributed by atoms with Gasteiger partial charge >= 0.3 is 11.9 Å². The van der Waals surface area contributed by atoms with Crippen LogP contribution in [0.5, 0.6) is 5.75 Å². The maximum Gasteiger partial charge on any atom is 0.337 e. The van der Waals surface area contributed by atoms with E-state index in [0.29, 0.717) is 10.5 Å². The number of carbonyl (C=O) groups is 2. The second kappa shape index (κ2) is 6.32. The number of aromatic hydroxyl groups is 1. The number of phenols is 1. The minimum atomic E-state index is -1.09. The van der Waals surface area contributed by atoms with Gasteiger partial charge in [0.2, 0.25) is 0 Å². The van der Waals surface area contributed by atoms with E-state index in [-0.39, 0.29) is 11.3 Å². The maximum absolute atomic E-state index is 11.3. The summed E-state index contributed by atoms with van der Waals surface area (Å²) in [7, 11) is 1.31. The Balaban J connectivity index is 2.18. The van der Waals surface area contributed by atoms with Gasteiger partial charge in [0, 0.05) is 4.90 Å². The standard InChI is InChI=1S/C15H12O5S/c1-20-15(19)9-2-5-11(6-3-9)21-13-7-4-10(14(17)18)8-12(13)16/h2-8,16H,1H3,(H,17,18). The fraction of sp³-hybridized carbons (Fsp3) is 0.0667. The lowest BCUT2D eigenvalue weighted by molar-refractivity contribution is 0.0599. The second-order valence-electron chi connectivity index (χ2n) is 4.11. The van der Waals surface area contributed by atoms with Crippen molar-refractivity contribution in [2.75, 3.05) is 7.11 Å². The zero-order chi connectivity index (χ0) is 15.4. The van der Waals surface area contributed by atoms with Crippen LogP contribution >= 0.6 is 11.8 Å². The molecule has 0 bridgehead atoms. The van der Waals surface area contributed by atoms with Gasteiger partial charge in [0.15, 0.2) is 0 Å². The SMILES string of the molecule is COC(=O)c1ccc(Sc2ccc(C(=O)O)cc2O)cc1. The highest BCUT2D eigenvalue weighted by molar-refractivity contribution is 7.99. The summed E-state index contributed by atoms with van der Waals surface area (Å²) < 4.78 is 4.61. The van der Waals surface area contributed by atoms with Gasteiger partial charge in [-0.15, -0.1) is 0 Å². The number of hydrogen-bond acceptors (Lipinski definition) is 5. The molecule has 2 aromatic rings. The molecule has 6 heteroatoms. The number of carboxylic acid groups (broad SMARTS) is 1. The summed E-state index contributed by atoms with van der Waals surface area (Å²) >= 11 is 1.27. The van der Waals surface area contributed by atoms with Crippen LogP contribution in [0, 0.1) is 0 Å². The first-order valence-electron chi connectivity index (χ1n) is 5.94. The molecule has 2 aromatic carbocycles. The van der Waals surface area contributed by atoms with E-state index in [1.54, 1.807) is 24.3 Å². The van der Waals surface area contributed by atoms with E-state index in [1.165, 1.54) is 37.1 Å². The predicted molar refractivity (Wildman–Crippen MR) is 77.0 cm³/mol. The maximum atomic E-state index is 11.3. The molecule has 2 rings (SSSR count). The molecule has 0 radical (unpaired) electrons. The Morgan fingerprint density at radius 3 is 2.19 bits per heavy atom. The van der Waals surface area contributed by atoms with Gasteiger partial charge < -0.3 is 14.9 Å². The van der Waals surface area contributed by atoms with E-state index in [2.05, 4.69) is 4.74 Å². The van der Waals surface area contributed by atoms with Gasteiger partial charge in [0.05, 0.1) is 23.1 Å². The van der Waals surface area contributed by atoms with E-state index in [4.69, 9.17) is 5.11 Å². The van der Waals surface area contributed by atoms with Crippen LogP contribution in [0.1, 0.15) is 20.7 Å².